The molecule has 0 aliphatic heterocycles. The molecule has 0 aromatic carbocycles. The molecule has 0 N–H and O–H groups in total. The highest BCUT2D eigenvalue weighted by Gasteiger charge is 2.10. The first-order valence-corrected chi connectivity index (χ1v) is 5.44. The van der Waals surface area contributed by atoms with Crippen molar-refractivity contribution in [2.75, 3.05) is 18.0 Å². The van der Waals surface area contributed by atoms with Gasteiger partial charge in [-0.2, -0.15) is 10.5 Å². The van der Waals surface area contributed by atoms with Crippen LogP contribution in [0.1, 0.15) is 5.56 Å². The lowest BCUT2D eigenvalue weighted by Crippen LogP contribution is -2.25. The first kappa shape index (κ1) is 11.5. The van der Waals surface area contributed by atoms with E-state index in [9.17, 15) is 0 Å². The third-order valence-electron chi connectivity index (χ3n) is 1.83. The lowest BCUT2D eigenvalue weighted by atomic mass is 10.2. The van der Waals surface area contributed by atoms with E-state index in [0.29, 0.717) is 11.1 Å². The lowest BCUT2D eigenvalue weighted by Gasteiger charge is -2.19. The number of aromatic nitrogens is 1. The normalized spacial score (nSPS) is 9.00. The first-order valence-electron chi connectivity index (χ1n) is 4.32. The second-order valence-electron chi connectivity index (χ2n) is 2.79. The van der Waals surface area contributed by atoms with Crippen LogP contribution in [-0.4, -0.2) is 18.1 Å². The third-order valence-corrected chi connectivity index (χ3v) is 2.44. The molecule has 1 heterocycles. The smallest absolute Gasteiger partial charge is 0.134 e. The Morgan fingerprint density at radius 3 is 2.53 bits per heavy atom. The van der Waals surface area contributed by atoms with Crippen LogP contribution < -0.4 is 4.90 Å². The maximum absolute atomic E-state index is 8.65. The minimum atomic E-state index is 0.171. The van der Waals surface area contributed by atoms with Crippen molar-refractivity contribution in [2.45, 2.75) is 5.33 Å². The summed E-state index contributed by atoms with van der Waals surface area (Å²) in [5.41, 5.74) is 0.975. The van der Waals surface area contributed by atoms with Gasteiger partial charge in [0.1, 0.15) is 18.9 Å². The first-order chi connectivity index (χ1) is 7.33. The summed E-state index contributed by atoms with van der Waals surface area (Å²) in [4.78, 5) is 5.83. The molecular weight excluding hydrogens is 256 g/mol. The van der Waals surface area contributed by atoms with E-state index in [2.05, 4.69) is 20.9 Å². The molecule has 0 fully saturated rings. The van der Waals surface area contributed by atoms with Crippen molar-refractivity contribution in [1.82, 2.24) is 4.98 Å². The zero-order valence-electron chi connectivity index (χ0n) is 8.02. The molecule has 0 aliphatic carbocycles. The summed E-state index contributed by atoms with van der Waals surface area (Å²) in [5, 5.41) is 18.0. The molecule has 1 aromatic heterocycles. The largest absolute Gasteiger partial charge is 0.330 e. The van der Waals surface area contributed by atoms with Crippen LogP contribution >= 0.6 is 15.9 Å². The molecule has 0 bridgehead atoms. The Morgan fingerprint density at radius 2 is 2.00 bits per heavy atom. The number of hydrogen-bond acceptors (Lipinski definition) is 4. The molecule has 0 atom stereocenters. The molecule has 5 heteroatoms. The summed E-state index contributed by atoms with van der Waals surface area (Å²) >= 11 is 3.35. The Kier molecular flexibility index (Phi) is 4.59. The molecule has 0 unspecified atom stereocenters. The molecule has 0 aliphatic rings. The van der Waals surface area contributed by atoms with Gasteiger partial charge in [-0.15, -0.1) is 0 Å². The van der Waals surface area contributed by atoms with Gasteiger partial charge in [0.15, 0.2) is 0 Å². The van der Waals surface area contributed by atoms with Crippen molar-refractivity contribution in [1.29, 1.82) is 10.5 Å². The highest BCUT2D eigenvalue weighted by molar-refractivity contribution is 9.08. The van der Waals surface area contributed by atoms with E-state index in [4.69, 9.17) is 10.5 Å². The molecule has 0 radical (unpaired) electrons. The molecule has 0 saturated carbocycles. The van der Waals surface area contributed by atoms with Crippen molar-refractivity contribution in [3.8, 4) is 12.1 Å². The standard InChI is InChI=1S/C10H9BrN4/c11-8-9-2-1-5-14-10(9)15(6-3-12)7-4-13/h1-2,5H,6-8H2. The van der Waals surface area contributed by atoms with Crippen LogP contribution in [0.3, 0.4) is 0 Å². The van der Waals surface area contributed by atoms with Crippen LogP contribution in [0, 0.1) is 22.7 Å². The van der Waals surface area contributed by atoms with E-state index >= 15 is 0 Å². The molecule has 15 heavy (non-hydrogen) atoms. The second-order valence-corrected chi connectivity index (χ2v) is 3.35. The highest BCUT2D eigenvalue weighted by Crippen LogP contribution is 2.18. The molecular formula is C10H9BrN4. The van der Waals surface area contributed by atoms with Crippen molar-refractivity contribution in [3.63, 3.8) is 0 Å². The number of halogens is 1. The summed E-state index contributed by atoms with van der Waals surface area (Å²) in [7, 11) is 0. The number of nitrogens with zero attached hydrogens (tertiary/aromatic N) is 4. The number of alkyl halides is 1. The second kappa shape index (κ2) is 6.00. The van der Waals surface area contributed by atoms with Gasteiger partial charge < -0.3 is 4.90 Å². The van der Waals surface area contributed by atoms with E-state index in [-0.39, 0.29) is 13.1 Å². The minimum absolute atomic E-state index is 0.171. The zero-order valence-corrected chi connectivity index (χ0v) is 9.61. The maximum atomic E-state index is 8.65. The quantitative estimate of drug-likeness (QED) is 0.615. The molecule has 1 rings (SSSR count). The van der Waals surface area contributed by atoms with Crippen molar-refractivity contribution in [2.24, 2.45) is 0 Å². The van der Waals surface area contributed by atoms with Gasteiger partial charge in [0.2, 0.25) is 0 Å². The summed E-state index contributed by atoms with van der Waals surface area (Å²) in [6, 6.07) is 7.79. The fourth-order valence-electron chi connectivity index (χ4n) is 1.20. The van der Waals surface area contributed by atoms with Crippen LogP contribution in [-0.2, 0) is 5.33 Å². The SMILES string of the molecule is N#CCN(CC#N)c1ncccc1CBr. The molecule has 0 saturated heterocycles. The number of hydrogen-bond donors (Lipinski definition) is 0. The average Bonchev–Trinajstić information content (AvgIpc) is 2.29. The van der Waals surface area contributed by atoms with E-state index in [1.165, 1.54) is 0 Å². The van der Waals surface area contributed by atoms with Gasteiger partial charge in [-0.05, 0) is 6.07 Å². The van der Waals surface area contributed by atoms with Crippen molar-refractivity contribution < 1.29 is 0 Å². The maximum Gasteiger partial charge on any atom is 0.134 e. The van der Waals surface area contributed by atoms with Gasteiger partial charge in [0.05, 0.1) is 12.1 Å². The van der Waals surface area contributed by atoms with Crippen LogP contribution in [0.15, 0.2) is 18.3 Å². The molecule has 1 aromatic rings. The number of anilines is 1. The summed E-state index contributed by atoms with van der Waals surface area (Å²) in [6.45, 7) is 0.342. The summed E-state index contributed by atoms with van der Waals surface area (Å²) < 4.78 is 0. The Bertz CT molecular complexity index is 389. The van der Waals surface area contributed by atoms with Gasteiger partial charge >= 0.3 is 0 Å². The zero-order chi connectivity index (χ0) is 11.1. The minimum Gasteiger partial charge on any atom is -0.330 e. The Hall–Kier alpha value is -1.59. The van der Waals surface area contributed by atoms with E-state index < -0.39 is 0 Å². The fourth-order valence-corrected chi connectivity index (χ4v) is 1.63. The molecule has 0 amide bonds. The predicted octanol–water partition coefficient (Wildman–Crippen LogP) is 1.83. The fraction of sp³-hybridized carbons (Fsp3) is 0.300. The Balaban J connectivity index is 3.00. The van der Waals surface area contributed by atoms with Gasteiger partial charge in [0, 0.05) is 17.1 Å². The number of rotatable bonds is 4. The van der Waals surface area contributed by atoms with Crippen LogP contribution in [0.2, 0.25) is 0 Å². The number of pyridine rings is 1. The van der Waals surface area contributed by atoms with Gasteiger partial charge in [-0.3, -0.25) is 0 Å². The molecule has 4 nitrogen and oxygen atoms in total. The Labute approximate surface area is 96.9 Å². The van der Waals surface area contributed by atoms with E-state index in [0.717, 1.165) is 5.56 Å². The van der Waals surface area contributed by atoms with Crippen molar-refractivity contribution in [3.05, 3.63) is 23.9 Å². The van der Waals surface area contributed by atoms with Crippen molar-refractivity contribution >= 4 is 21.7 Å². The van der Waals surface area contributed by atoms with Crippen LogP contribution in [0.4, 0.5) is 5.82 Å². The average molecular weight is 265 g/mol. The monoisotopic (exact) mass is 264 g/mol. The predicted molar refractivity (Wildman–Crippen MR) is 60.3 cm³/mol. The van der Waals surface area contributed by atoms with E-state index in [1.54, 1.807) is 11.1 Å². The Morgan fingerprint density at radius 1 is 1.33 bits per heavy atom. The summed E-state index contributed by atoms with van der Waals surface area (Å²) in [5.74, 6) is 0.692. The van der Waals surface area contributed by atoms with Gasteiger partial charge in [-0.25, -0.2) is 4.98 Å². The van der Waals surface area contributed by atoms with Crippen LogP contribution in [0.25, 0.3) is 0 Å². The number of nitriles is 2. The summed E-state index contributed by atoms with van der Waals surface area (Å²) in [6.07, 6.45) is 1.66. The van der Waals surface area contributed by atoms with Crippen LogP contribution in [0.5, 0.6) is 0 Å². The molecule has 76 valence electrons. The third kappa shape index (κ3) is 2.93. The van der Waals surface area contributed by atoms with Gasteiger partial charge in [-0.1, -0.05) is 22.0 Å². The topological polar surface area (TPSA) is 63.7 Å². The highest BCUT2D eigenvalue weighted by atomic mass is 79.9. The van der Waals surface area contributed by atoms with Gasteiger partial charge in [0.25, 0.3) is 0 Å². The van der Waals surface area contributed by atoms with E-state index in [1.807, 2.05) is 24.3 Å². The lowest BCUT2D eigenvalue weighted by molar-refractivity contribution is 0.925. The molecule has 0 spiro atoms.